The molecule has 1 aromatic carbocycles. The molecule has 4 heteroatoms. The van der Waals surface area contributed by atoms with Crippen LogP contribution in [0.3, 0.4) is 0 Å². The molecule has 1 heterocycles. The molecule has 0 aromatic heterocycles. The van der Waals surface area contributed by atoms with Crippen LogP contribution in [0.25, 0.3) is 0 Å². The quantitative estimate of drug-likeness (QED) is 0.839. The number of anilines is 1. The average molecular weight is 276 g/mol. The first-order valence-electron chi connectivity index (χ1n) is 7.37. The second-order valence-electron chi connectivity index (χ2n) is 5.37. The molecule has 1 saturated heterocycles. The molecule has 2 rings (SSSR count). The van der Waals surface area contributed by atoms with Gasteiger partial charge in [0.1, 0.15) is 0 Å². The fourth-order valence-corrected chi connectivity index (χ4v) is 2.64. The highest BCUT2D eigenvalue weighted by Gasteiger charge is 2.15. The third-order valence-corrected chi connectivity index (χ3v) is 3.83. The Hall–Kier alpha value is -1.39. The Kier molecular flexibility index (Phi) is 6.02. The van der Waals surface area contributed by atoms with E-state index in [1.807, 2.05) is 24.3 Å². The molecule has 0 bridgehead atoms. The Labute approximate surface area is 120 Å². The zero-order valence-corrected chi connectivity index (χ0v) is 12.2. The van der Waals surface area contributed by atoms with Gasteiger partial charge in [-0.3, -0.25) is 4.79 Å². The van der Waals surface area contributed by atoms with Crippen LogP contribution in [0.5, 0.6) is 0 Å². The van der Waals surface area contributed by atoms with Gasteiger partial charge in [-0.25, -0.2) is 0 Å². The second kappa shape index (κ2) is 8.02. The summed E-state index contributed by atoms with van der Waals surface area (Å²) in [5.41, 5.74) is 1.88. The maximum atomic E-state index is 12.0. The Balaban J connectivity index is 1.81. The van der Waals surface area contributed by atoms with Crippen molar-refractivity contribution in [2.75, 3.05) is 25.5 Å². The van der Waals surface area contributed by atoms with Gasteiger partial charge in [-0.2, -0.15) is 0 Å². The molecule has 4 nitrogen and oxygen atoms in total. The molecule has 1 fully saturated rings. The van der Waals surface area contributed by atoms with Gasteiger partial charge in [0.25, 0.3) is 0 Å². The number of methoxy groups -OCH3 is 1. The van der Waals surface area contributed by atoms with E-state index in [9.17, 15) is 4.79 Å². The van der Waals surface area contributed by atoms with Crippen LogP contribution in [0.2, 0.25) is 0 Å². The summed E-state index contributed by atoms with van der Waals surface area (Å²) in [5, 5.41) is 6.35. The number of nitrogens with one attached hydrogen (secondary N) is 2. The lowest BCUT2D eigenvalue weighted by atomic mass is 9.93. The van der Waals surface area contributed by atoms with Crippen molar-refractivity contribution in [1.29, 1.82) is 0 Å². The van der Waals surface area contributed by atoms with Crippen LogP contribution in [0.1, 0.15) is 31.2 Å². The molecule has 1 amide bonds. The van der Waals surface area contributed by atoms with E-state index in [-0.39, 0.29) is 5.91 Å². The standard InChI is InChI=1S/C16H24N2O2/c1-20-12-14-4-2-3-5-15(14)18-16(19)7-6-13-8-10-17-11-9-13/h2-5,13,17H,6-12H2,1H3,(H,18,19). The first-order valence-corrected chi connectivity index (χ1v) is 7.37. The lowest BCUT2D eigenvalue weighted by Crippen LogP contribution is -2.28. The highest BCUT2D eigenvalue weighted by atomic mass is 16.5. The van der Waals surface area contributed by atoms with Gasteiger partial charge in [0.05, 0.1) is 6.61 Å². The maximum Gasteiger partial charge on any atom is 0.224 e. The second-order valence-corrected chi connectivity index (χ2v) is 5.37. The van der Waals surface area contributed by atoms with E-state index >= 15 is 0 Å². The van der Waals surface area contributed by atoms with Crippen molar-refractivity contribution in [3.8, 4) is 0 Å². The fourth-order valence-electron chi connectivity index (χ4n) is 2.64. The van der Waals surface area contributed by atoms with E-state index in [0.717, 1.165) is 30.8 Å². The number of amides is 1. The average Bonchev–Trinajstić information content (AvgIpc) is 2.49. The Morgan fingerprint density at radius 3 is 2.85 bits per heavy atom. The lowest BCUT2D eigenvalue weighted by Gasteiger charge is -2.22. The van der Waals surface area contributed by atoms with Crippen LogP contribution >= 0.6 is 0 Å². The molecule has 0 radical (unpaired) electrons. The van der Waals surface area contributed by atoms with E-state index in [2.05, 4.69) is 10.6 Å². The van der Waals surface area contributed by atoms with E-state index in [1.54, 1.807) is 7.11 Å². The first kappa shape index (κ1) is 15.0. The van der Waals surface area contributed by atoms with E-state index in [0.29, 0.717) is 18.9 Å². The third-order valence-electron chi connectivity index (χ3n) is 3.83. The number of hydrogen-bond acceptors (Lipinski definition) is 3. The van der Waals surface area contributed by atoms with Gasteiger partial charge in [0, 0.05) is 24.8 Å². The molecule has 0 atom stereocenters. The Morgan fingerprint density at radius 2 is 2.10 bits per heavy atom. The minimum absolute atomic E-state index is 0.104. The number of hydrogen-bond donors (Lipinski definition) is 2. The van der Waals surface area contributed by atoms with Gasteiger partial charge >= 0.3 is 0 Å². The molecule has 0 spiro atoms. The van der Waals surface area contributed by atoms with Gasteiger partial charge < -0.3 is 15.4 Å². The van der Waals surface area contributed by atoms with Crippen molar-refractivity contribution in [3.63, 3.8) is 0 Å². The predicted molar refractivity (Wildman–Crippen MR) is 80.6 cm³/mol. The molecular formula is C16H24N2O2. The van der Waals surface area contributed by atoms with Gasteiger partial charge in [-0.05, 0) is 44.3 Å². The summed E-state index contributed by atoms with van der Waals surface area (Å²) in [4.78, 5) is 12.0. The lowest BCUT2D eigenvalue weighted by molar-refractivity contribution is -0.116. The number of carbonyl (C=O) groups is 1. The normalized spacial score (nSPS) is 16.1. The fraction of sp³-hybridized carbons (Fsp3) is 0.562. The predicted octanol–water partition coefficient (Wildman–Crippen LogP) is 2.55. The SMILES string of the molecule is COCc1ccccc1NC(=O)CCC1CCNCC1. The van der Waals surface area contributed by atoms with Crippen molar-refractivity contribution in [2.24, 2.45) is 5.92 Å². The summed E-state index contributed by atoms with van der Waals surface area (Å²) in [5.74, 6) is 0.795. The molecular weight excluding hydrogens is 252 g/mol. The topological polar surface area (TPSA) is 50.4 Å². The molecule has 2 N–H and O–H groups in total. The van der Waals surface area contributed by atoms with Gasteiger partial charge in [-0.1, -0.05) is 18.2 Å². The Bertz CT molecular complexity index is 428. The van der Waals surface area contributed by atoms with Gasteiger partial charge in [0.15, 0.2) is 0 Å². The number of piperidine rings is 1. The van der Waals surface area contributed by atoms with Crippen LogP contribution in [-0.2, 0) is 16.1 Å². The minimum atomic E-state index is 0.104. The number of benzene rings is 1. The van der Waals surface area contributed by atoms with Crippen molar-refractivity contribution in [3.05, 3.63) is 29.8 Å². The van der Waals surface area contributed by atoms with E-state index in [1.165, 1.54) is 12.8 Å². The van der Waals surface area contributed by atoms with Crippen molar-refractivity contribution < 1.29 is 9.53 Å². The van der Waals surface area contributed by atoms with Gasteiger partial charge in [0.2, 0.25) is 5.91 Å². The number of carbonyl (C=O) groups excluding carboxylic acids is 1. The highest BCUT2D eigenvalue weighted by Crippen LogP contribution is 2.20. The van der Waals surface area contributed by atoms with Crippen LogP contribution in [0, 0.1) is 5.92 Å². The summed E-state index contributed by atoms with van der Waals surface area (Å²) in [6, 6.07) is 7.79. The summed E-state index contributed by atoms with van der Waals surface area (Å²) < 4.78 is 5.15. The third kappa shape index (κ3) is 4.62. The Morgan fingerprint density at radius 1 is 1.35 bits per heavy atom. The van der Waals surface area contributed by atoms with E-state index < -0.39 is 0 Å². The monoisotopic (exact) mass is 276 g/mol. The van der Waals surface area contributed by atoms with Crippen molar-refractivity contribution in [1.82, 2.24) is 5.32 Å². The van der Waals surface area contributed by atoms with Crippen LogP contribution < -0.4 is 10.6 Å². The number of para-hydroxylation sites is 1. The van der Waals surface area contributed by atoms with Crippen LogP contribution in [-0.4, -0.2) is 26.1 Å². The van der Waals surface area contributed by atoms with Crippen molar-refractivity contribution in [2.45, 2.75) is 32.3 Å². The minimum Gasteiger partial charge on any atom is -0.380 e. The number of ether oxygens (including phenoxy) is 1. The molecule has 1 aromatic rings. The summed E-state index contributed by atoms with van der Waals surface area (Å²) >= 11 is 0. The molecule has 110 valence electrons. The molecule has 0 unspecified atom stereocenters. The molecule has 0 aliphatic carbocycles. The van der Waals surface area contributed by atoms with E-state index in [4.69, 9.17) is 4.74 Å². The van der Waals surface area contributed by atoms with Gasteiger partial charge in [-0.15, -0.1) is 0 Å². The zero-order chi connectivity index (χ0) is 14.2. The van der Waals surface area contributed by atoms with Crippen LogP contribution in [0.4, 0.5) is 5.69 Å². The zero-order valence-electron chi connectivity index (χ0n) is 12.2. The summed E-state index contributed by atoms with van der Waals surface area (Å²) in [6.07, 6.45) is 3.97. The van der Waals surface area contributed by atoms with Crippen molar-refractivity contribution >= 4 is 11.6 Å². The highest BCUT2D eigenvalue weighted by molar-refractivity contribution is 5.91. The molecule has 0 saturated carbocycles. The first-order chi connectivity index (χ1) is 9.79. The summed E-state index contributed by atoms with van der Waals surface area (Å²) in [7, 11) is 1.66. The smallest absolute Gasteiger partial charge is 0.224 e. The van der Waals surface area contributed by atoms with Crippen LogP contribution in [0.15, 0.2) is 24.3 Å². The summed E-state index contributed by atoms with van der Waals surface area (Å²) in [6.45, 7) is 2.69. The molecule has 1 aliphatic rings. The largest absolute Gasteiger partial charge is 0.380 e. The molecule has 1 aliphatic heterocycles. The maximum absolute atomic E-state index is 12.0. The number of rotatable bonds is 6. The molecule has 20 heavy (non-hydrogen) atoms.